The molecule has 156 valence electrons. The molecule has 0 aromatic heterocycles. The molecule has 2 N–H and O–H groups in total. The lowest BCUT2D eigenvalue weighted by Crippen LogP contribution is -2.37. The molecule has 8 nitrogen and oxygen atoms in total. The van der Waals surface area contributed by atoms with Crippen LogP contribution in [0.15, 0.2) is 17.1 Å². The molecular formula is C18H32IN3O5. The van der Waals surface area contributed by atoms with Crippen LogP contribution in [0.5, 0.6) is 17.2 Å². The van der Waals surface area contributed by atoms with E-state index in [1.165, 1.54) is 0 Å². The van der Waals surface area contributed by atoms with Crippen LogP contribution >= 0.6 is 24.0 Å². The van der Waals surface area contributed by atoms with Gasteiger partial charge in [0.2, 0.25) is 5.75 Å². The van der Waals surface area contributed by atoms with E-state index in [4.69, 9.17) is 23.7 Å². The van der Waals surface area contributed by atoms with Crippen LogP contribution in [-0.2, 0) is 16.0 Å². The summed E-state index contributed by atoms with van der Waals surface area (Å²) in [7, 11) is 8.19. The lowest BCUT2D eigenvalue weighted by molar-refractivity contribution is 0.0698. The Labute approximate surface area is 179 Å². The second-order valence-corrected chi connectivity index (χ2v) is 5.30. The fourth-order valence-corrected chi connectivity index (χ4v) is 2.33. The van der Waals surface area contributed by atoms with Gasteiger partial charge in [0, 0.05) is 39.4 Å². The summed E-state index contributed by atoms with van der Waals surface area (Å²) < 4.78 is 26.6. The van der Waals surface area contributed by atoms with E-state index in [1.54, 1.807) is 35.5 Å². The van der Waals surface area contributed by atoms with Crippen molar-refractivity contribution in [2.24, 2.45) is 4.99 Å². The number of hydrogen-bond acceptors (Lipinski definition) is 6. The molecule has 1 rings (SSSR count). The summed E-state index contributed by atoms with van der Waals surface area (Å²) >= 11 is 0. The summed E-state index contributed by atoms with van der Waals surface area (Å²) in [5.74, 6) is 2.55. The van der Waals surface area contributed by atoms with Crippen LogP contribution in [0.1, 0.15) is 12.0 Å². The molecule has 0 saturated carbocycles. The average Bonchev–Trinajstić information content (AvgIpc) is 2.68. The summed E-state index contributed by atoms with van der Waals surface area (Å²) in [6.07, 6.45) is 0.879. The molecule has 27 heavy (non-hydrogen) atoms. The van der Waals surface area contributed by atoms with Gasteiger partial charge in [0.05, 0.1) is 34.5 Å². The van der Waals surface area contributed by atoms with Crippen molar-refractivity contribution in [2.45, 2.75) is 13.0 Å². The lowest BCUT2D eigenvalue weighted by Gasteiger charge is -2.17. The maximum Gasteiger partial charge on any atom is 0.203 e. The Hall–Kier alpha value is -1.46. The van der Waals surface area contributed by atoms with Crippen molar-refractivity contribution in [3.05, 3.63) is 17.7 Å². The number of ether oxygens (including phenoxy) is 5. The second kappa shape index (κ2) is 15.6. The molecule has 0 spiro atoms. The molecule has 0 amide bonds. The van der Waals surface area contributed by atoms with Crippen molar-refractivity contribution >= 4 is 29.9 Å². The standard InChI is InChI=1S/C18H31N3O5.HI/c1-19-18(20-9-6-10-26-12-11-22-2)21-13-14-7-8-15(23-3)17(25-5)16(14)24-4;/h7-8H,6,9-13H2,1-5H3,(H2,19,20,21);1H. The molecular weight excluding hydrogens is 465 g/mol. The monoisotopic (exact) mass is 497 g/mol. The highest BCUT2D eigenvalue weighted by Gasteiger charge is 2.15. The maximum atomic E-state index is 5.49. The Morgan fingerprint density at radius 3 is 2.26 bits per heavy atom. The van der Waals surface area contributed by atoms with Crippen molar-refractivity contribution in [3.8, 4) is 17.2 Å². The smallest absolute Gasteiger partial charge is 0.203 e. The lowest BCUT2D eigenvalue weighted by atomic mass is 10.1. The van der Waals surface area contributed by atoms with E-state index in [9.17, 15) is 0 Å². The highest BCUT2D eigenvalue weighted by atomic mass is 127. The van der Waals surface area contributed by atoms with Crippen molar-refractivity contribution in [1.82, 2.24) is 10.6 Å². The van der Waals surface area contributed by atoms with E-state index in [0.29, 0.717) is 49.6 Å². The first-order chi connectivity index (χ1) is 12.7. The van der Waals surface area contributed by atoms with Crippen LogP contribution in [0.2, 0.25) is 0 Å². The predicted molar refractivity (Wildman–Crippen MR) is 117 cm³/mol. The Bertz CT molecular complexity index is 558. The summed E-state index contributed by atoms with van der Waals surface area (Å²) in [6.45, 7) is 3.20. The van der Waals surface area contributed by atoms with Gasteiger partial charge in [0.1, 0.15) is 0 Å². The summed E-state index contributed by atoms with van der Waals surface area (Å²) in [4.78, 5) is 4.22. The molecule has 1 aromatic carbocycles. The van der Waals surface area contributed by atoms with Crippen LogP contribution in [0, 0.1) is 0 Å². The molecule has 9 heteroatoms. The van der Waals surface area contributed by atoms with E-state index >= 15 is 0 Å². The van der Waals surface area contributed by atoms with Crippen molar-refractivity contribution in [1.29, 1.82) is 0 Å². The van der Waals surface area contributed by atoms with Gasteiger partial charge in [-0.1, -0.05) is 0 Å². The molecule has 0 atom stereocenters. The molecule has 0 unspecified atom stereocenters. The Balaban J connectivity index is 0.00000676. The third-order valence-electron chi connectivity index (χ3n) is 3.65. The van der Waals surface area contributed by atoms with Crippen LogP contribution in [-0.4, -0.2) is 67.8 Å². The van der Waals surface area contributed by atoms with Crippen molar-refractivity contribution in [2.75, 3.05) is 61.9 Å². The molecule has 0 aliphatic carbocycles. The molecule has 0 fully saturated rings. The van der Waals surface area contributed by atoms with Gasteiger partial charge in [-0.05, 0) is 18.6 Å². The highest BCUT2D eigenvalue weighted by molar-refractivity contribution is 14.0. The fourth-order valence-electron chi connectivity index (χ4n) is 2.33. The number of halogens is 1. The van der Waals surface area contributed by atoms with Crippen LogP contribution in [0.4, 0.5) is 0 Å². The molecule has 0 saturated heterocycles. The van der Waals surface area contributed by atoms with Gasteiger partial charge >= 0.3 is 0 Å². The van der Waals surface area contributed by atoms with Gasteiger partial charge in [-0.15, -0.1) is 24.0 Å². The molecule has 0 radical (unpaired) electrons. The van der Waals surface area contributed by atoms with E-state index in [2.05, 4.69) is 15.6 Å². The quantitative estimate of drug-likeness (QED) is 0.198. The summed E-state index contributed by atoms with van der Waals surface area (Å²) in [5, 5.41) is 6.51. The third kappa shape index (κ3) is 8.85. The zero-order chi connectivity index (χ0) is 19.2. The SMILES string of the molecule is CN=C(NCCCOCCOC)NCc1ccc(OC)c(OC)c1OC.I. The number of nitrogens with one attached hydrogen (secondary N) is 2. The molecule has 0 aliphatic heterocycles. The zero-order valence-corrected chi connectivity index (χ0v) is 19.1. The van der Waals surface area contributed by atoms with Gasteiger partial charge in [-0.25, -0.2) is 0 Å². The maximum absolute atomic E-state index is 5.49. The first kappa shape index (κ1) is 25.5. The normalized spacial score (nSPS) is 10.8. The highest BCUT2D eigenvalue weighted by Crippen LogP contribution is 2.39. The Kier molecular flexibility index (Phi) is 14.7. The van der Waals surface area contributed by atoms with Crippen LogP contribution < -0.4 is 24.8 Å². The van der Waals surface area contributed by atoms with Crippen molar-refractivity contribution < 1.29 is 23.7 Å². The molecule has 1 aromatic rings. The van der Waals surface area contributed by atoms with E-state index in [1.807, 2.05) is 12.1 Å². The van der Waals surface area contributed by atoms with E-state index in [0.717, 1.165) is 18.5 Å². The van der Waals surface area contributed by atoms with E-state index in [-0.39, 0.29) is 24.0 Å². The largest absolute Gasteiger partial charge is 0.493 e. The van der Waals surface area contributed by atoms with Gasteiger partial charge in [0.25, 0.3) is 0 Å². The zero-order valence-electron chi connectivity index (χ0n) is 16.8. The fraction of sp³-hybridized carbons (Fsp3) is 0.611. The Morgan fingerprint density at radius 2 is 1.67 bits per heavy atom. The van der Waals surface area contributed by atoms with Gasteiger partial charge < -0.3 is 34.3 Å². The number of benzene rings is 1. The van der Waals surface area contributed by atoms with Gasteiger partial charge in [-0.2, -0.15) is 0 Å². The minimum absolute atomic E-state index is 0. The second-order valence-electron chi connectivity index (χ2n) is 5.30. The first-order valence-corrected chi connectivity index (χ1v) is 8.50. The van der Waals surface area contributed by atoms with Gasteiger partial charge in [-0.3, -0.25) is 4.99 Å². The molecule has 0 aliphatic rings. The van der Waals surface area contributed by atoms with Crippen LogP contribution in [0.3, 0.4) is 0 Å². The summed E-state index contributed by atoms with van der Waals surface area (Å²) in [6, 6.07) is 3.79. The number of rotatable bonds is 12. The number of methoxy groups -OCH3 is 4. The Morgan fingerprint density at radius 1 is 0.926 bits per heavy atom. The van der Waals surface area contributed by atoms with Crippen molar-refractivity contribution in [3.63, 3.8) is 0 Å². The first-order valence-electron chi connectivity index (χ1n) is 8.50. The van der Waals surface area contributed by atoms with Crippen LogP contribution in [0.25, 0.3) is 0 Å². The minimum Gasteiger partial charge on any atom is -0.493 e. The molecule has 0 bridgehead atoms. The topological polar surface area (TPSA) is 82.6 Å². The van der Waals surface area contributed by atoms with E-state index < -0.39 is 0 Å². The number of nitrogens with zero attached hydrogens (tertiary/aromatic N) is 1. The molecule has 0 heterocycles. The summed E-state index contributed by atoms with van der Waals surface area (Å²) in [5.41, 5.74) is 0.941. The van der Waals surface area contributed by atoms with Gasteiger partial charge in [0.15, 0.2) is 17.5 Å². The predicted octanol–water partition coefficient (Wildman–Crippen LogP) is 2.05. The number of hydrogen-bond donors (Lipinski definition) is 2. The minimum atomic E-state index is 0. The third-order valence-corrected chi connectivity index (χ3v) is 3.65. The number of guanidine groups is 1. The average molecular weight is 497 g/mol. The number of aliphatic imine (C=N–C) groups is 1.